The van der Waals surface area contributed by atoms with Crippen molar-refractivity contribution in [1.29, 1.82) is 0 Å². The Morgan fingerprint density at radius 2 is 1.27 bits per heavy atom. The fraction of sp³-hybridized carbons (Fsp3) is 1.00. The first-order valence-electron chi connectivity index (χ1n) is 6.28. The van der Waals surface area contributed by atoms with Gasteiger partial charge < -0.3 is 4.74 Å². The van der Waals surface area contributed by atoms with E-state index in [0.717, 1.165) is 13.8 Å². The molecule has 0 radical (unpaired) electrons. The molecular formula is C12H18F8O2. The SMILES string of the molecule is CCC(C)(C)OC(F)(CC(C)(CF)OC(F)(F)F)C(F)(F)F. The molecule has 0 aromatic rings. The molecular weight excluding hydrogens is 328 g/mol. The van der Waals surface area contributed by atoms with Crippen molar-refractivity contribution in [3.8, 4) is 0 Å². The summed E-state index contributed by atoms with van der Waals surface area (Å²) in [5.74, 6) is -4.49. The summed E-state index contributed by atoms with van der Waals surface area (Å²) in [6.45, 7) is 2.07. The average Bonchev–Trinajstić information content (AvgIpc) is 2.24. The zero-order valence-corrected chi connectivity index (χ0v) is 12.5. The van der Waals surface area contributed by atoms with Gasteiger partial charge in [-0.05, 0) is 27.2 Å². The van der Waals surface area contributed by atoms with Gasteiger partial charge in [-0.1, -0.05) is 6.92 Å². The third-order valence-electron chi connectivity index (χ3n) is 2.96. The van der Waals surface area contributed by atoms with Gasteiger partial charge in [-0.25, -0.2) is 8.78 Å². The summed E-state index contributed by atoms with van der Waals surface area (Å²) < 4.78 is 110. The van der Waals surface area contributed by atoms with Gasteiger partial charge in [-0.2, -0.15) is 13.2 Å². The summed E-state index contributed by atoms with van der Waals surface area (Å²) >= 11 is 0. The molecule has 0 heterocycles. The van der Waals surface area contributed by atoms with Crippen LogP contribution in [0.25, 0.3) is 0 Å². The lowest BCUT2D eigenvalue weighted by Crippen LogP contribution is -2.55. The highest BCUT2D eigenvalue weighted by Crippen LogP contribution is 2.45. The Labute approximate surface area is 122 Å². The van der Waals surface area contributed by atoms with Gasteiger partial charge in [0.05, 0.1) is 5.60 Å². The normalized spacial score (nSPS) is 19.6. The third kappa shape index (κ3) is 6.23. The van der Waals surface area contributed by atoms with Crippen LogP contribution in [0.1, 0.15) is 40.5 Å². The summed E-state index contributed by atoms with van der Waals surface area (Å²) in [5.41, 5.74) is -4.70. The number of hydrogen-bond acceptors (Lipinski definition) is 2. The summed E-state index contributed by atoms with van der Waals surface area (Å²) in [7, 11) is 0. The number of ether oxygens (including phenoxy) is 2. The predicted octanol–water partition coefficient (Wildman–Crippen LogP) is 5.07. The summed E-state index contributed by atoms with van der Waals surface area (Å²) in [4.78, 5) is 0. The van der Waals surface area contributed by atoms with Crippen molar-refractivity contribution < 1.29 is 44.6 Å². The smallest absolute Gasteiger partial charge is 0.333 e. The van der Waals surface area contributed by atoms with Crippen molar-refractivity contribution in [3.63, 3.8) is 0 Å². The fourth-order valence-electron chi connectivity index (χ4n) is 1.58. The van der Waals surface area contributed by atoms with Crippen molar-refractivity contribution in [2.24, 2.45) is 0 Å². The maximum Gasteiger partial charge on any atom is 0.523 e. The van der Waals surface area contributed by atoms with Gasteiger partial charge in [0, 0.05) is 6.42 Å². The first-order valence-corrected chi connectivity index (χ1v) is 6.28. The van der Waals surface area contributed by atoms with Crippen molar-refractivity contribution in [3.05, 3.63) is 0 Å². The quantitative estimate of drug-likeness (QED) is 0.599. The number of alkyl halides is 8. The first-order chi connectivity index (χ1) is 9.49. The molecule has 0 saturated carbocycles. The molecule has 0 N–H and O–H groups in total. The Bertz CT molecular complexity index is 365. The molecule has 0 saturated heterocycles. The van der Waals surface area contributed by atoms with E-state index in [9.17, 15) is 35.1 Å². The van der Waals surface area contributed by atoms with Crippen LogP contribution in [0, 0.1) is 0 Å². The van der Waals surface area contributed by atoms with Crippen molar-refractivity contribution in [1.82, 2.24) is 0 Å². The summed E-state index contributed by atoms with van der Waals surface area (Å²) in [6, 6.07) is 0. The van der Waals surface area contributed by atoms with Gasteiger partial charge in [0.2, 0.25) is 0 Å². The number of halogens is 8. The van der Waals surface area contributed by atoms with Crippen LogP contribution in [-0.2, 0) is 9.47 Å². The van der Waals surface area contributed by atoms with Crippen molar-refractivity contribution in [2.45, 2.75) is 70.1 Å². The summed E-state index contributed by atoms with van der Waals surface area (Å²) in [6.07, 6.45) is -13.1. The van der Waals surface area contributed by atoms with Crippen molar-refractivity contribution >= 4 is 0 Å². The Morgan fingerprint density at radius 3 is 1.55 bits per heavy atom. The molecule has 0 amide bonds. The van der Waals surface area contributed by atoms with Crippen molar-refractivity contribution in [2.75, 3.05) is 6.67 Å². The second kappa shape index (κ2) is 6.46. The van der Waals surface area contributed by atoms with Gasteiger partial charge >= 0.3 is 18.4 Å². The lowest BCUT2D eigenvalue weighted by molar-refractivity contribution is -0.403. The molecule has 0 rings (SSSR count). The van der Waals surface area contributed by atoms with E-state index in [-0.39, 0.29) is 6.42 Å². The fourth-order valence-corrected chi connectivity index (χ4v) is 1.58. The van der Waals surface area contributed by atoms with E-state index in [2.05, 4.69) is 9.47 Å². The Balaban J connectivity index is 5.55. The molecule has 22 heavy (non-hydrogen) atoms. The minimum atomic E-state index is -5.66. The maximum absolute atomic E-state index is 14.3. The molecule has 2 nitrogen and oxygen atoms in total. The van der Waals surface area contributed by atoms with Crippen LogP contribution in [0.5, 0.6) is 0 Å². The lowest BCUT2D eigenvalue weighted by Gasteiger charge is -2.40. The zero-order chi connectivity index (χ0) is 18.0. The van der Waals surface area contributed by atoms with E-state index in [1.165, 1.54) is 6.92 Å². The lowest BCUT2D eigenvalue weighted by atomic mass is 9.96. The number of rotatable bonds is 7. The van der Waals surface area contributed by atoms with E-state index in [1.807, 2.05) is 0 Å². The molecule has 10 heteroatoms. The van der Waals surface area contributed by atoms with E-state index >= 15 is 0 Å². The third-order valence-corrected chi connectivity index (χ3v) is 2.96. The second-order valence-corrected chi connectivity index (χ2v) is 5.75. The average molecular weight is 346 g/mol. The van der Waals surface area contributed by atoms with Crippen LogP contribution >= 0.6 is 0 Å². The Hall–Kier alpha value is -0.640. The van der Waals surface area contributed by atoms with Crippen LogP contribution in [-0.4, -0.2) is 36.3 Å². The van der Waals surface area contributed by atoms with Crippen LogP contribution in [0.4, 0.5) is 35.1 Å². The van der Waals surface area contributed by atoms with Gasteiger partial charge in [-0.3, -0.25) is 4.74 Å². The van der Waals surface area contributed by atoms with Crippen LogP contribution in [0.15, 0.2) is 0 Å². The molecule has 2 unspecified atom stereocenters. The molecule has 0 aliphatic heterocycles. The van der Waals surface area contributed by atoms with Crippen LogP contribution in [0.2, 0.25) is 0 Å². The first kappa shape index (κ1) is 21.4. The van der Waals surface area contributed by atoms with E-state index in [0.29, 0.717) is 6.92 Å². The summed E-state index contributed by atoms with van der Waals surface area (Å²) in [5, 5.41) is 0. The van der Waals surface area contributed by atoms with E-state index < -0.39 is 42.7 Å². The zero-order valence-electron chi connectivity index (χ0n) is 12.5. The highest BCUT2D eigenvalue weighted by molar-refractivity contribution is 4.91. The minimum absolute atomic E-state index is 0.0543. The van der Waals surface area contributed by atoms with Gasteiger partial charge in [0.1, 0.15) is 12.3 Å². The molecule has 0 fully saturated rings. The van der Waals surface area contributed by atoms with Gasteiger partial charge in [0.25, 0.3) is 0 Å². The molecule has 0 spiro atoms. The topological polar surface area (TPSA) is 18.5 Å². The number of hydrogen-bond donors (Lipinski definition) is 0. The highest BCUT2D eigenvalue weighted by atomic mass is 19.4. The minimum Gasteiger partial charge on any atom is -0.333 e. The van der Waals surface area contributed by atoms with Crippen LogP contribution < -0.4 is 0 Å². The molecule has 134 valence electrons. The largest absolute Gasteiger partial charge is 0.523 e. The molecule has 0 aromatic heterocycles. The monoisotopic (exact) mass is 346 g/mol. The Morgan fingerprint density at radius 1 is 0.818 bits per heavy atom. The molecule has 0 aliphatic carbocycles. The standard InChI is InChI=1S/C12H18F8O2/c1-5-8(2,3)21-10(14,11(15,16)17)6-9(4,7-13)22-12(18,19)20/h5-7H2,1-4H3. The Kier molecular flexibility index (Phi) is 6.28. The second-order valence-electron chi connectivity index (χ2n) is 5.75. The van der Waals surface area contributed by atoms with E-state index in [1.54, 1.807) is 0 Å². The molecule has 0 aromatic carbocycles. The molecule has 0 bridgehead atoms. The maximum atomic E-state index is 14.3. The molecule has 0 aliphatic rings. The highest BCUT2D eigenvalue weighted by Gasteiger charge is 2.63. The van der Waals surface area contributed by atoms with Crippen LogP contribution in [0.3, 0.4) is 0 Å². The van der Waals surface area contributed by atoms with E-state index in [4.69, 9.17) is 0 Å². The van der Waals surface area contributed by atoms with Gasteiger partial charge in [0.15, 0.2) is 0 Å². The van der Waals surface area contributed by atoms with Gasteiger partial charge in [-0.15, -0.1) is 13.2 Å². The predicted molar refractivity (Wildman–Crippen MR) is 61.5 cm³/mol. The molecule has 2 atom stereocenters.